The van der Waals surface area contributed by atoms with Crippen LogP contribution in [0, 0.1) is 4.91 Å². The summed E-state index contributed by atoms with van der Waals surface area (Å²) < 4.78 is 1.88. The molecule has 8 nitrogen and oxygen atoms in total. The summed E-state index contributed by atoms with van der Waals surface area (Å²) in [5.74, 6) is -0.312. The zero-order valence-corrected chi connectivity index (χ0v) is 10.3. The topological polar surface area (TPSA) is 120 Å². The maximum absolute atomic E-state index is 12.0. The predicted octanol–water partition coefficient (Wildman–Crippen LogP) is -0.219. The van der Waals surface area contributed by atoms with Gasteiger partial charge in [0.05, 0.1) is 12.6 Å². The first-order valence-electron chi connectivity index (χ1n) is 5.58. The fourth-order valence-electron chi connectivity index (χ4n) is 1.65. The molecule has 0 aromatic carbocycles. The number of aliphatic hydroxyl groups is 1. The first-order valence-corrected chi connectivity index (χ1v) is 5.58. The van der Waals surface area contributed by atoms with Gasteiger partial charge < -0.3 is 10.8 Å². The van der Waals surface area contributed by atoms with E-state index in [0.29, 0.717) is 6.42 Å². The molecule has 1 heterocycles. The van der Waals surface area contributed by atoms with Gasteiger partial charge in [-0.2, -0.15) is 0 Å². The van der Waals surface area contributed by atoms with Crippen LogP contribution in [0.2, 0.25) is 0 Å². The smallest absolute Gasteiger partial charge is 0.332 e. The Morgan fingerprint density at radius 2 is 2.00 bits per heavy atom. The fourth-order valence-corrected chi connectivity index (χ4v) is 1.65. The van der Waals surface area contributed by atoms with Crippen molar-refractivity contribution in [2.45, 2.75) is 39.5 Å². The van der Waals surface area contributed by atoms with Gasteiger partial charge in [0.1, 0.15) is 5.82 Å². The monoisotopic (exact) mass is 256 g/mol. The summed E-state index contributed by atoms with van der Waals surface area (Å²) in [7, 11) is 0. The Hall–Kier alpha value is -1.96. The number of hydrogen-bond acceptors (Lipinski definition) is 6. The van der Waals surface area contributed by atoms with Crippen molar-refractivity contribution in [1.82, 2.24) is 9.13 Å². The van der Waals surface area contributed by atoms with Crippen LogP contribution in [0.4, 0.5) is 11.5 Å². The molecular formula is C10H16N4O4. The lowest BCUT2D eigenvalue weighted by atomic mass is 10.3. The number of anilines is 1. The lowest BCUT2D eigenvalue weighted by Gasteiger charge is -2.14. The second-order valence-corrected chi connectivity index (χ2v) is 4.02. The van der Waals surface area contributed by atoms with Crippen molar-refractivity contribution in [2.75, 3.05) is 5.73 Å². The molecule has 1 atom stereocenters. The normalized spacial score (nSPS) is 12.4. The van der Waals surface area contributed by atoms with Crippen LogP contribution in [0.1, 0.15) is 20.3 Å². The van der Waals surface area contributed by atoms with E-state index in [1.807, 2.05) is 0 Å². The van der Waals surface area contributed by atoms with Gasteiger partial charge in [-0.25, -0.2) is 4.79 Å². The summed E-state index contributed by atoms with van der Waals surface area (Å²) in [6.45, 7) is 3.32. The SMILES string of the molecule is CCCn1c(=O)c(N=O)c(N)n(CC(C)O)c1=O. The number of nitrogens with zero attached hydrogens (tertiary/aromatic N) is 3. The van der Waals surface area contributed by atoms with Crippen LogP contribution >= 0.6 is 0 Å². The maximum atomic E-state index is 12.0. The molecule has 0 saturated carbocycles. The van der Waals surface area contributed by atoms with Gasteiger partial charge in [0.15, 0.2) is 0 Å². The van der Waals surface area contributed by atoms with Crippen molar-refractivity contribution >= 4 is 11.5 Å². The molecule has 100 valence electrons. The minimum atomic E-state index is -0.836. The van der Waals surface area contributed by atoms with Gasteiger partial charge in [0.25, 0.3) is 5.56 Å². The summed E-state index contributed by atoms with van der Waals surface area (Å²) in [4.78, 5) is 34.4. The molecular weight excluding hydrogens is 240 g/mol. The quantitative estimate of drug-likeness (QED) is 0.706. The van der Waals surface area contributed by atoms with Crippen molar-refractivity contribution < 1.29 is 5.11 Å². The standard InChI is InChI=1S/C10H16N4O4/c1-3-4-13-9(16)7(12-18)8(11)14(10(13)17)5-6(2)15/h6,15H,3-5,11H2,1-2H3. The van der Waals surface area contributed by atoms with Gasteiger partial charge >= 0.3 is 5.69 Å². The highest BCUT2D eigenvalue weighted by Gasteiger charge is 2.18. The third-order valence-electron chi connectivity index (χ3n) is 2.43. The molecule has 3 N–H and O–H groups in total. The van der Waals surface area contributed by atoms with Crippen LogP contribution in [0.3, 0.4) is 0 Å². The van der Waals surface area contributed by atoms with E-state index in [9.17, 15) is 19.6 Å². The van der Waals surface area contributed by atoms with Gasteiger partial charge in [0.2, 0.25) is 5.69 Å². The molecule has 1 aromatic heterocycles. The molecule has 0 aliphatic heterocycles. The average molecular weight is 256 g/mol. The molecule has 0 bridgehead atoms. The van der Waals surface area contributed by atoms with E-state index in [1.54, 1.807) is 6.92 Å². The first-order chi connectivity index (χ1) is 8.43. The molecule has 0 spiro atoms. The summed E-state index contributed by atoms with van der Waals surface area (Å²) in [5.41, 5.74) is 3.62. The third-order valence-corrected chi connectivity index (χ3v) is 2.43. The fraction of sp³-hybridized carbons (Fsp3) is 0.600. The molecule has 0 radical (unpaired) electrons. The van der Waals surface area contributed by atoms with Crippen LogP contribution in [0.15, 0.2) is 14.8 Å². The van der Waals surface area contributed by atoms with Crippen LogP contribution in [-0.2, 0) is 13.1 Å². The Balaban J connectivity index is 3.61. The summed E-state index contributed by atoms with van der Waals surface area (Å²) in [5, 5.41) is 11.9. The number of nitroso groups, excluding NO2 is 1. The third kappa shape index (κ3) is 2.48. The van der Waals surface area contributed by atoms with Crippen LogP contribution in [-0.4, -0.2) is 20.3 Å². The van der Waals surface area contributed by atoms with E-state index in [0.717, 1.165) is 9.13 Å². The number of rotatable bonds is 5. The van der Waals surface area contributed by atoms with E-state index in [1.165, 1.54) is 6.92 Å². The van der Waals surface area contributed by atoms with Gasteiger partial charge in [-0.1, -0.05) is 6.92 Å². The lowest BCUT2D eigenvalue weighted by Crippen LogP contribution is -2.42. The van der Waals surface area contributed by atoms with E-state index in [2.05, 4.69) is 5.18 Å². The predicted molar refractivity (Wildman–Crippen MR) is 66.8 cm³/mol. The molecule has 0 aliphatic rings. The molecule has 0 amide bonds. The van der Waals surface area contributed by atoms with Crippen molar-refractivity contribution in [3.63, 3.8) is 0 Å². The number of nitrogens with two attached hydrogens (primary N) is 1. The maximum Gasteiger partial charge on any atom is 0.332 e. The Morgan fingerprint density at radius 3 is 2.44 bits per heavy atom. The minimum absolute atomic E-state index is 0.100. The first kappa shape index (κ1) is 14.1. The summed E-state index contributed by atoms with van der Waals surface area (Å²) >= 11 is 0. The Kier molecular flexibility index (Phi) is 4.38. The van der Waals surface area contributed by atoms with Crippen molar-refractivity contribution in [3.8, 4) is 0 Å². The number of aromatic nitrogens is 2. The molecule has 0 saturated heterocycles. The Bertz CT molecular complexity index is 558. The van der Waals surface area contributed by atoms with Crippen molar-refractivity contribution in [3.05, 3.63) is 25.7 Å². The van der Waals surface area contributed by atoms with Gasteiger partial charge in [-0.3, -0.25) is 13.9 Å². The highest BCUT2D eigenvalue weighted by molar-refractivity contribution is 5.55. The highest BCUT2D eigenvalue weighted by Crippen LogP contribution is 2.14. The Labute approximate surface area is 103 Å². The van der Waals surface area contributed by atoms with E-state index in [-0.39, 0.29) is 18.9 Å². The number of hydrogen-bond donors (Lipinski definition) is 2. The zero-order valence-electron chi connectivity index (χ0n) is 10.3. The Morgan fingerprint density at radius 1 is 1.39 bits per heavy atom. The van der Waals surface area contributed by atoms with Crippen LogP contribution in [0.25, 0.3) is 0 Å². The van der Waals surface area contributed by atoms with Gasteiger partial charge in [0, 0.05) is 6.54 Å². The molecule has 8 heteroatoms. The van der Waals surface area contributed by atoms with Crippen molar-refractivity contribution in [2.24, 2.45) is 5.18 Å². The van der Waals surface area contributed by atoms with Crippen molar-refractivity contribution in [1.29, 1.82) is 0 Å². The lowest BCUT2D eigenvalue weighted by molar-refractivity contribution is 0.171. The largest absolute Gasteiger partial charge is 0.392 e. The van der Waals surface area contributed by atoms with Crippen LogP contribution in [0.5, 0.6) is 0 Å². The molecule has 1 aromatic rings. The second-order valence-electron chi connectivity index (χ2n) is 4.02. The molecule has 1 unspecified atom stereocenters. The second kappa shape index (κ2) is 5.58. The number of nitrogen functional groups attached to an aromatic ring is 1. The number of aliphatic hydroxyl groups excluding tert-OH is 1. The summed E-state index contributed by atoms with van der Waals surface area (Å²) in [6.07, 6.45) is -0.288. The molecule has 18 heavy (non-hydrogen) atoms. The summed E-state index contributed by atoms with van der Waals surface area (Å²) in [6, 6.07) is 0. The van der Waals surface area contributed by atoms with E-state index in [4.69, 9.17) is 5.73 Å². The van der Waals surface area contributed by atoms with Crippen LogP contribution < -0.4 is 17.0 Å². The van der Waals surface area contributed by atoms with Gasteiger partial charge in [-0.15, -0.1) is 4.91 Å². The minimum Gasteiger partial charge on any atom is -0.392 e. The highest BCUT2D eigenvalue weighted by atomic mass is 16.3. The van der Waals surface area contributed by atoms with E-state index < -0.39 is 23.0 Å². The molecule has 0 fully saturated rings. The average Bonchev–Trinajstić information content (AvgIpc) is 2.31. The van der Waals surface area contributed by atoms with Gasteiger partial charge in [-0.05, 0) is 18.5 Å². The zero-order chi connectivity index (χ0) is 13.9. The van der Waals surface area contributed by atoms with E-state index >= 15 is 0 Å². The molecule has 1 rings (SSSR count). The molecule has 0 aliphatic carbocycles.